The van der Waals surface area contributed by atoms with Crippen LogP contribution in [0.1, 0.15) is 45.4 Å². The van der Waals surface area contributed by atoms with E-state index in [0.717, 1.165) is 25.0 Å². The molecule has 1 rings (SSSR count). The molecule has 0 atom stereocenters. The van der Waals surface area contributed by atoms with E-state index in [2.05, 4.69) is 6.08 Å². The number of allylic oxidation sites excluding steroid dienone is 2. The largest absolute Gasteiger partial charge is 0.481 e. The maximum absolute atomic E-state index is 12.3. The minimum absolute atomic E-state index is 0.110. The fraction of sp³-hybridized carbons (Fsp3) is 0.733. The average Bonchev–Trinajstić information content (AvgIpc) is 2.40. The Labute approximate surface area is 121 Å². The van der Waals surface area contributed by atoms with Crippen LogP contribution in [0, 0.1) is 0 Å². The second kappa shape index (κ2) is 8.74. The molecule has 0 heterocycles. The number of nitrogens with zero attached hydrogens (tertiary/aromatic N) is 2. The zero-order valence-corrected chi connectivity index (χ0v) is 12.6. The highest BCUT2D eigenvalue weighted by Crippen LogP contribution is 2.20. The van der Waals surface area contributed by atoms with Crippen molar-refractivity contribution in [2.45, 2.75) is 45.4 Å². The van der Waals surface area contributed by atoms with Gasteiger partial charge in [0, 0.05) is 18.7 Å². The Morgan fingerprint density at radius 1 is 1.35 bits per heavy atom. The molecule has 1 aliphatic carbocycles. The van der Waals surface area contributed by atoms with E-state index < -0.39 is 5.97 Å². The molecule has 0 aromatic heterocycles. The first-order valence-corrected chi connectivity index (χ1v) is 7.44. The normalized spacial score (nSPS) is 15.1. The lowest BCUT2D eigenvalue weighted by Gasteiger charge is -2.28. The van der Waals surface area contributed by atoms with Gasteiger partial charge in [-0.05, 0) is 52.6 Å². The van der Waals surface area contributed by atoms with Gasteiger partial charge in [-0.1, -0.05) is 6.08 Å². The number of hydrogen-bond acceptors (Lipinski definition) is 3. The summed E-state index contributed by atoms with van der Waals surface area (Å²) in [5.74, 6) is -0.675. The number of likely N-dealkylation sites (N-methyl/N-ethyl adjacent to an activating group) is 2. The molecule has 114 valence electrons. The van der Waals surface area contributed by atoms with Crippen molar-refractivity contribution in [2.75, 3.05) is 26.7 Å². The Morgan fingerprint density at radius 2 is 2.10 bits per heavy atom. The zero-order chi connectivity index (χ0) is 15.0. The fourth-order valence-corrected chi connectivity index (χ4v) is 2.50. The van der Waals surface area contributed by atoms with Crippen molar-refractivity contribution >= 4 is 11.9 Å². The summed E-state index contributed by atoms with van der Waals surface area (Å²) >= 11 is 0. The van der Waals surface area contributed by atoms with Gasteiger partial charge in [0.15, 0.2) is 0 Å². The number of rotatable bonds is 8. The summed E-state index contributed by atoms with van der Waals surface area (Å²) in [5.41, 5.74) is 1.16. The topological polar surface area (TPSA) is 60.9 Å². The van der Waals surface area contributed by atoms with Gasteiger partial charge in [-0.3, -0.25) is 14.5 Å². The molecule has 0 saturated carbocycles. The Kier molecular flexibility index (Phi) is 7.30. The van der Waals surface area contributed by atoms with Crippen LogP contribution in [0.4, 0.5) is 0 Å². The van der Waals surface area contributed by atoms with E-state index in [9.17, 15) is 9.59 Å². The van der Waals surface area contributed by atoms with Gasteiger partial charge >= 0.3 is 5.97 Å². The van der Waals surface area contributed by atoms with Crippen molar-refractivity contribution in [3.63, 3.8) is 0 Å². The molecule has 0 unspecified atom stereocenters. The molecule has 1 N–H and O–H groups in total. The van der Waals surface area contributed by atoms with E-state index in [-0.39, 0.29) is 12.3 Å². The summed E-state index contributed by atoms with van der Waals surface area (Å²) in [4.78, 5) is 26.5. The first kappa shape index (κ1) is 16.7. The van der Waals surface area contributed by atoms with E-state index in [4.69, 9.17) is 5.11 Å². The number of carbonyl (C=O) groups is 2. The monoisotopic (exact) mass is 282 g/mol. The van der Waals surface area contributed by atoms with Gasteiger partial charge in [0.05, 0.1) is 6.54 Å². The minimum atomic E-state index is -0.785. The molecule has 5 nitrogen and oxygen atoms in total. The molecular formula is C15H26N2O3. The predicted octanol–water partition coefficient (Wildman–Crippen LogP) is 2.09. The Balaban J connectivity index is 2.42. The van der Waals surface area contributed by atoms with Crippen LogP contribution in [-0.2, 0) is 9.59 Å². The quantitative estimate of drug-likeness (QED) is 0.740. The van der Waals surface area contributed by atoms with E-state index >= 15 is 0 Å². The highest BCUT2D eigenvalue weighted by Gasteiger charge is 2.18. The van der Waals surface area contributed by atoms with E-state index in [1.54, 1.807) is 0 Å². The highest BCUT2D eigenvalue weighted by atomic mass is 16.4. The maximum Gasteiger partial charge on any atom is 0.303 e. The van der Waals surface area contributed by atoms with Crippen LogP contribution in [0.15, 0.2) is 11.8 Å². The van der Waals surface area contributed by atoms with Crippen LogP contribution >= 0.6 is 0 Å². The summed E-state index contributed by atoms with van der Waals surface area (Å²) < 4.78 is 0. The van der Waals surface area contributed by atoms with Gasteiger partial charge in [0.2, 0.25) is 5.91 Å². The van der Waals surface area contributed by atoms with Crippen LogP contribution in [0.3, 0.4) is 0 Å². The number of carboxylic acid groups (broad SMARTS) is 1. The number of aliphatic carboxylic acids is 1. The lowest BCUT2D eigenvalue weighted by atomic mass is 10.0. The smallest absolute Gasteiger partial charge is 0.303 e. The Hall–Kier alpha value is -1.36. The molecule has 1 aliphatic rings. The number of amides is 1. The summed E-state index contributed by atoms with van der Waals surface area (Å²) in [6.07, 6.45) is 7.33. The molecule has 0 spiro atoms. The van der Waals surface area contributed by atoms with Gasteiger partial charge in [-0.2, -0.15) is 0 Å². The standard InChI is InChI=1S/C15H26N2O3/c1-3-17(13-8-5-4-6-9-13)14(18)12-16(2)11-7-10-15(19)20/h8H,3-7,9-12H2,1-2H3,(H,19,20). The Bertz CT molecular complexity index is 366. The van der Waals surface area contributed by atoms with E-state index in [0.29, 0.717) is 26.1 Å². The van der Waals surface area contributed by atoms with Crippen molar-refractivity contribution < 1.29 is 14.7 Å². The number of carbonyl (C=O) groups excluding carboxylic acids is 1. The van der Waals surface area contributed by atoms with E-state index in [1.165, 1.54) is 6.42 Å². The lowest BCUT2D eigenvalue weighted by Crippen LogP contribution is -2.39. The van der Waals surface area contributed by atoms with Gasteiger partial charge in [0.1, 0.15) is 0 Å². The summed E-state index contributed by atoms with van der Waals surface area (Å²) in [5, 5.41) is 8.60. The maximum atomic E-state index is 12.3. The molecule has 20 heavy (non-hydrogen) atoms. The van der Waals surface area contributed by atoms with Gasteiger partial charge in [-0.15, -0.1) is 0 Å². The van der Waals surface area contributed by atoms with Crippen LogP contribution < -0.4 is 0 Å². The third-order valence-corrected chi connectivity index (χ3v) is 3.57. The molecule has 0 radical (unpaired) electrons. The van der Waals surface area contributed by atoms with Crippen LogP contribution in [0.25, 0.3) is 0 Å². The molecule has 1 amide bonds. The molecular weight excluding hydrogens is 256 g/mol. The zero-order valence-electron chi connectivity index (χ0n) is 12.6. The summed E-state index contributed by atoms with van der Waals surface area (Å²) in [7, 11) is 1.86. The highest BCUT2D eigenvalue weighted by molar-refractivity contribution is 5.80. The average molecular weight is 282 g/mol. The van der Waals surface area contributed by atoms with Gasteiger partial charge in [-0.25, -0.2) is 0 Å². The fourth-order valence-electron chi connectivity index (χ4n) is 2.50. The van der Waals surface area contributed by atoms with Crippen LogP contribution in [0.2, 0.25) is 0 Å². The van der Waals surface area contributed by atoms with Crippen molar-refractivity contribution in [1.82, 2.24) is 9.80 Å². The third kappa shape index (κ3) is 5.74. The van der Waals surface area contributed by atoms with Crippen LogP contribution in [-0.4, -0.2) is 53.5 Å². The minimum Gasteiger partial charge on any atom is -0.481 e. The SMILES string of the molecule is CCN(C(=O)CN(C)CCCC(=O)O)C1=CCCCC1. The molecule has 0 aromatic carbocycles. The summed E-state index contributed by atoms with van der Waals surface area (Å²) in [6.45, 7) is 3.69. The molecule has 0 bridgehead atoms. The first-order valence-electron chi connectivity index (χ1n) is 7.44. The van der Waals surface area contributed by atoms with Crippen molar-refractivity contribution in [3.8, 4) is 0 Å². The first-order chi connectivity index (χ1) is 9.54. The van der Waals surface area contributed by atoms with E-state index in [1.807, 2.05) is 23.8 Å². The van der Waals surface area contributed by atoms with Gasteiger partial charge < -0.3 is 10.0 Å². The van der Waals surface area contributed by atoms with Gasteiger partial charge in [0.25, 0.3) is 0 Å². The van der Waals surface area contributed by atoms with Crippen molar-refractivity contribution in [1.29, 1.82) is 0 Å². The number of carboxylic acids is 1. The predicted molar refractivity (Wildman–Crippen MR) is 78.3 cm³/mol. The van der Waals surface area contributed by atoms with Crippen LogP contribution in [0.5, 0.6) is 0 Å². The molecule has 0 aliphatic heterocycles. The van der Waals surface area contributed by atoms with Crippen molar-refractivity contribution in [2.24, 2.45) is 0 Å². The molecule has 0 fully saturated rings. The summed E-state index contributed by atoms with van der Waals surface area (Å²) in [6, 6.07) is 0. The third-order valence-electron chi connectivity index (χ3n) is 3.57. The van der Waals surface area contributed by atoms with Crippen molar-refractivity contribution in [3.05, 3.63) is 11.8 Å². The number of hydrogen-bond donors (Lipinski definition) is 1. The lowest BCUT2D eigenvalue weighted by molar-refractivity contribution is -0.137. The Morgan fingerprint density at radius 3 is 2.65 bits per heavy atom. The second-order valence-electron chi connectivity index (χ2n) is 5.31. The second-order valence-corrected chi connectivity index (χ2v) is 5.31. The molecule has 5 heteroatoms. The molecule has 0 saturated heterocycles. The molecule has 0 aromatic rings.